The van der Waals surface area contributed by atoms with Crippen LogP contribution in [0, 0.1) is 18.3 Å². The highest BCUT2D eigenvalue weighted by Crippen LogP contribution is 2.29. The number of anilines is 1. The van der Waals surface area contributed by atoms with Crippen LogP contribution in [0.2, 0.25) is 0 Å². The molecule has 4 rings (SSSR count). The first kappa shape index (κ1) is 25.5. The summed E-state index contributed by atoms with van der Waals surface area (Å²) in [5.41, 5.74) is 2.79. The molecular formula is C29H29N5O3. The predicted octanol–water partition coefficient (Wildman–Crippen LogP) is 5.58. The van der Waals surface area contributed by atoms with Crippen LogP contribution in [0.5, 0.6) is 5.75 Å². The zero-order valence-electron chi connectivity index (χ0n) is 21.4. The molecule has 37 heavy (non-hydrogen) atoms. The summed E-state index contributed by atoms with van der Waals surface area (Å²) in [4.78, 5) is 33.9. The number of urea groups is 1. The number of amides is 2. The molecule has 0 radical (unpaired) electrons. The molecule has 0 bridgehead atoms. The van der Waals surface area contributed by atoms with Gasteiger partial charge in [0, 0.05) is 12.2 Å². The molecule has 0 spiro atoms. The Kier molecular flexibility index (Phi) is 7.54. The van der Waals surface area contributed by atoms with Crippen molar-refractivity contribution in [1.29, 1.82) is 5.26 Å². The molecule has 188 valence electrons. The summed E-state index contributed by atoms with van der Waals surface area (Å²) in [5, 5.41) is 12.6. The molecular weight excluding hydrogens is 466 g/mol. The van der Waals surface area contributed by atoms with Crippen molar-refractivity contribution in [1.82, 2.24) is 14.5 Å². The first-order valence-electron chi connectivity index (χ1n) is 12.1. The van der Waals surface area contributed by atoms with Gasteiger partial charge in [-0.25, -0.2) is 9.78 Å². The van der Waals surface area contributed by atoms with Crippen LogP contribution >= 0.6 is 0 Å². The first-order valence-corrected chi connectivity index (χ1v) is 12.1. The van der Waals surface area contributed by atoms with Gasteiger partial charge in [0.15, 0.2) is 0 Å². The van der Waals surface area contributed by atoms with E-state index < -0.39 is 6.04 Å². The normalized spacial score (nSPS) is 11.5. The molecule has 0 saturated heterocycles. The molecule has 8 heteroatoms. The highest BCUT2D eigenvalue weighted by atomic mass is 16.5. The molecule has 0 saturated carbocycles. The van der Waals surface area contributed by atoms with Crippen molar-refractivity contribution < 1.29 is 9.53 Å². The Morgan fingerprint density at radius 3 is 2.68 bits per heavy atom. The molecule has 1 N–H and O–H groups in total. The molecule has 1 aromatic heterocycles. The van der Waals surface area contributed by atoms with E-state index in [9.17, 15) is 14.9 Å². The number of ether oxygens (including phenoxy) is 1. The summed E-state index contributed by atoms with van der Waals surface area (Å²) in [6.07, 6.45) is 0.696. The van der Waals surface area contributed by atoms with Gasteiger partial charge in [0.2, 0.25) is 0 Å². The Labute approximate surface area is 215 Å². The van der Waals surface area contributed by atoms with Crippen LogP contribution in [-0.4, -0.2) is 34.1 Å². The van der Waals surface area contributed by atoms with E-state index in [1.807, 2.05) is 45.0 Å². The zero-order valence-corrected chi connectivity index (χ0v) is 21.4. The fourth-order valence-corrected chi connectivity index (χ4v) is 4.35. The van der Waals surface area contributed by atoms with Crippen LogP contribution in [-0.2, 0) is 0 Å². The molecule has 8 nitrogen and oxygen atoms in total. The number of para-hydroxylation sites is 1. The van der Waals surface area contributed by atoms with Crippen LogP contribution in [0.4, 0.5) is 10.5 Å². The summed E-state index contributed by atoms with van der Waals surface area (Å²) >= 11 is 0. The molecule has 1 atom stereocenters. The minimum absolute atomic E-state index is 0.241. The summed E-state index contributed by atoms with van der Waals surface area (Å²) in [7, 11) is 1.56. The Balaban J connectivity index is 1.87. The smallest absolute Gasteiger partial charge is 0.322 e. The molecule has 3 aromatic carbocycles. The Morgan fingerprint density at radius 2 is 1.95 bits per heavy atom. The number of nitriles is 1. The molecule has 0 aliphatic heterocycles. The second kappa shape index (κ2) is 11.0. The van der Waals surface area contributed by atoms with Gasteiger partial charge in [-0.15, -0.1) is 0 Å². The number of hydrogen-bond acceptors (Lipinski definition) is 5. The summed E-state index contributed by atoms with van der Waals surface area (Å²) < 4.78 is 7.15. The van der Waals surface area contributed by atoms with Gasteiger partial charge in [-0.2, -0.15) is 5.26 Å². The van der Waals surface area contributed by atoms with Crippen molar-refractivity contribution in [3.63, 3.8) is 0 Å². The molecule has 4 aromatic rings. The molecule has 0 aliphatic carbocycles. The molecule has 1 heterocycles. The number of benzene rings is 3. The van der Waals surface area contributed by atoms with Crippen molar-refractivity contribution in [3.05, 3.63) is 94.0 Å². The largest absolute Gasteiger partial charge is 0.495 e. The lowest BCUT2D eigenvalue weighted by molar-refractivity contribution is 0.189. The molecule has 1 unspecified atom stereocenters. The third-order valence-corrected chi connectivity index (χ3v) is 6.19. The number of methoxy groups -OCH3 is 1. The van der Waals surface area contributed by atoms with E-state index in [0.29, 0.717) is 52.4 Å². The van der Waals surface area contributed by atoms with Gasteiger partial charge in [-0.05, 0) is 68.3 Å². The average Bonchev–Trinajstić information content (AvgIpc) is 2.91. The van der Waals surface area contributed by atoms with E-state index in [-0.39, 0.29) is 11.6 Å². The number of carbonyl (C=O) groups is 1. The van der Waals surface area contributed by atoms with Crippen LogP contribution in [0.15, 0.2) is 71.5 Å². The third kappa shape index (κ3) is 5.16. The highest BCUT2D eigenvalue weighted by molar-refractivity contribution is 5.90. The number of nitrogens with one attached hydrogen (secondary N) is 1. The van der Waals surface area contributed by atoms with Gasteiger partial charge in [0.05, 0.1) is 41.4 Å². The lowest BCUT2D eigenvalue weighted by Gasteiger charge is -2.30. The van der Waals surface area contributed by atoms with Crippen LogP contribution < -0.4 is 15.6 Å². The lowest BCUT2D eigenvalue weighted by Crippen LogP contribution is -2.40. The van der Waals surface area contributed by atoms with Crippen LogP contribution in [0.25, 0.3) is 16.6 Å². The molecule has 2 amide bonds. The fourth-order valence-electron chi connectivity index (χ4n) is 4.35. The maximum absolute atomic E-state index is 13.9. The van der Waals surface area contributed by atoms with Gasteiger partial charge in [-0.1, -0.05) is 31.2 Å². The van der Waals surface area contributed by atoms with Crippen LogP contribution in [0.1, 0.15) is 43.3 Å². The summed E-state index contributed by atoms with van der Waals surface area (Å²) in [6.45, 7) is 6.21. The standard InChI is InChI=1S/C29H29N5O3/c1-5-15-33(29(36)31-22-10-8-9-21(17-22)18-30)20(3)27-32-24-12-7-6-11-23(24)28(35)34(27)25-16-19(2)13-14-26(25)37-4/h6-14,16-17,20H,5,15H2,1-4H3,(H,31,36). The Morgan fingerprint density at radius 1 is 1.16 bits per heavy atom. The van der Waals surface area contributed by atoms with Gasteiger partial charge in [0.25, 0.3) is 5.56 Å². The fraction of sp³-hybridized carbons (Fsp3) is 0.241. The topological polar surface area (TPSA) is 100 Å². The third-order valence-electron chi connectivity index (χ3n) is 6.19. The number of aromatic nitrogens is 2. The quantitative estimate of drug-likeness (QED) is 0.361. The minimum Gasteiger partial charge on any atom is -0.495 e. The maximum Gasteiger partial charge on any atom is 0.322 e. The van der Waals surface area contributed by atoms with E-state index >= 15 is 0 Å². The van der Waals surface area contributed by atoms with E-state index in [0.717, 1.165) is 5.56 Å². The van der Waals surface area contributed by atoms with E-state index in [1.165, 1.54) is 0 Å². The van der Waals surface area contributed by atoms with E-state index in [2.05, 4.69) is 11.4 Å². The van der Waals surface area contributed by atoms with Crippen LogP contribution in [0.3, 0.4) is 0 Å². The van der Waals surface area contributed by atoms with Gasteiger partial charge >= 0.3 is 6.03 Å². The number of rotatable bonds is 7. The second-order valence-corrected chi connectivity index (χ2v) is 8.80. The molecule has 0 fully saturated rings. The van der Waals surface area contributed by atoms with Gasteiger partial charge < -0.3 is 15.0 Å². The minimum atomic E-state index is -0.568. The highest BCUT2D eigenvalue weighted by Gasteiger charge is 2.27. The number of fused-ring (bicyclic) bond motifs is 1. The van der Waals surface area contributed by atoms with Crippen molar-refractivity contribution >= 4 is 22.6 Å². The Bertz CT molecular complexity index is 1550. The summed E-state index contributed by atoms with van der Waals surface area (Å²) in [6, 6.07) is 20.7. The van der Waals surface area contributed by atoms with Crippen molar-refractivity contribution in [2.24, 2.45) is 0 Å². The number of carbonyl (C=O) groups excluding carboxylic acids is 1. The van der Waals surface area contributed by atoms with Crippen molar-refractivity contribution in [2.75, 3.05) is 19.0 Å². The number of hydrogen-bond donors (Lipinski definition) is 1. The maximum atomic E-state index is 13.9. The SMILES string of the molecule is CCCN(C(=O)Nc1cccc(C#N)c1)C(C)c1nc2ccccc2c(=O)n1-c1cc(C)ccc1OC. The molecule has 0 aliphatic rings. The number of nitrogens with zero attached hydrogens (tertiary/aromatic N) is 4. The van der Waals surface area contributed by atoms with Crippen molar-refractivity contribution in [3.8, 4) is 17.5 Å². The summed E-state index contributed by atoms with van der Waals surface area (Å²) in [5.74, 6) is 0.944. The predicted molar refractivity (Wildman–Crippen MR) is 144 cm³/mol. The lowest BCUT2D eigenvalue weighted by atomic mass is 10.1. The van der Waals surface area contributed by atoms with Gasteiger partial charge in [-0.3, -0.25) is 9.36 Å². The average molecular weight is 496 g/mol. The zero-order chi connectivity index (χ0) is 26.5. The van der Waals surface area contributed by atoms with E-state index in [4.69, 9.17) is 9.72 Å². The monoisotopic (exact) mass is 495 g/mol. The Hall–Kier alpha value is -4.64. The second-order valence-electron chi connectivity index (χ2n) is 8.80. The first-order chi connectivity index (χ1) is 17.9. The number of aryl methyl sites for hydroxylation is 1. The van der Waals surface area contributed by atoms with Crippen molar-refractivity contribution in [2.45, 2.75) is 33.2 Å². The van der Waals surface area contributed by atoms with Gasteiger partial charge in [0.1, 0.15) is 11.6 Å². The van der Waals surface area contributed by atoms with E-state index in [1.54, 1.807) is 59.0 Å².